The van der Waals surface area contributed by atoms with Crippen LogP contribution in [0, 0.1) is 13.8 Å². The van der Waals surface area contributed by atoms with Crippen molar-refractivity contribution in [2.75, 3.05) is 10.8 Å². The van der Waals surface area contributed by atoms with Crippen LogP contribution in [0.4, 0.5) is 5.69 Å². The van der Waals surface area contributed by atoms with Gasteiger partial charge in [0.25, 0.3) is 15.9 Å². The second-order valence-corrected chi connectivity index (χ2v) is 8.61. The highest BCUT2D eigenvalue weighted by molar-refractivity contribution is 7.92. The van der Waals surface area contributed by atoms with Crippen molar-refractivity contribution in [1.29, 1.82) is 0 Å². The minimum Gasteiger partial charge on any atom is -0.271 e. The van der Waals surface area contributed by atoms with Gasteiger partial charge in [-0.3, -0.25) is 14.1 Å². The van der Waals surface area contributed by atoms with Gasteiger partial charge in [-0.15, -0.1) is 0 Å². The molecule has 0 aliphatic carbocycles. The highest BCUT2D eigenvalue weighted by atomic mass is 32.2. The average molecular weight is 423 g/mol. The van der Waals surface area contributed by atoms with E-state index in [1.807, 2.05) is 19.9 Å². The van der Waals surface area contributed by atoms with E-state index >= 15 is 0 Å². The van der Waals surface area contributed by atoms with Gasteiger partial charge in [0.1, 0.15) is 6.54 Å². The van der Waals surface area contributed by atoms with E-state index in [1.54, 1.807) is 54.9 Å². The third-order valence-corrected chi connectivity index (χ3v) is 5.99. The maximum absolute atomic E-state index is 13.3. The molecule has 8 heteroatoms. The lowest BCUT2D eigenvalue weighted by Crippen LogP contribution is -2.39. The summed E-state index contributed by atoms with van der Waals surface area (Å²) in [5, 5.41) is 3.89. The molecule has 0 unspecified atom stereocenters. The van der Waals surface area contributed by atoms with E-state index in [0.717, 1.165) is 15.4 Å². The molecule has 7 nitrogen and oxygen atoms in total. The smallest absolute Gasteiger partial charge is 0.264 e. The average Bonchev–Trinajstić information content (AvgIpc) is 2.72. The van der Waals surface area contributed by atoms with Crippen LogP contribution in [-0.4, -0.2) is 32.1 Å². The molecule has 0 atom stereocenters. The van der Waals surface area contributed by atoms with Crippen LogP contribution in [0.5, 0.6) is 0 Å². The van der Waals surface area contributed by atoms with Crippen LogP contribution in [0.15, 0.2) is 83.1 Å². The largest absolute Gasteiger partial charge is 0.271 e. The third kappa shape index (κ3) is 5.30. The molecular formula is C22H22N4O3S. The van der Waals surface area contributed by atoms with Crippen molar-refractivity contribution in [3.05, 3.63) is 89.7 Å². The van der Waals surface area contributed by atoms with Crippen LogP contribution in [0.2, 0.25) is 0 Å². The van der Waals surface area contributed by atoms with E-state index in [4.69, 9.17) is 0 Å². The molecule has 0 fully saturated rings. The Morgan fingerprint density at radius 1 is 1.07 bits per heavy atom. The number of pyridine rings is 1. The third-order valence-electron chi connectivity index (χ3n) is 4.20. The first kappa shape index (κ1) is 21.2. The summed E-state index contributed by atoms with van der Waals surface area (Å²) in [6.45, 7) is 3.34. The Labute approximate surface area is 176 Å². The molecule has 3 aromatic rings. The molecule has 0 saturated heterocycles. The Morgan fingerprint density at radius 2 is 1.77 bits per heavy atom. The first-order valence-electron chi connectivity index (χ1n) is 9.24. The maximum Gasteiger partial charge on any atom is 0.264 e. The van der Waals surface area contributed by atoms with Gasteiger partial charge in [-0.25, -0.2) is 13.8 Å². The first-order chi connectivity index (χ1) is 14.4. The summed E-state index contributed by atoms with van der Waals surface area (Å²) in [7, 11) is -3.95. The van der Waals surface area contributed by atoms with Crippen LogP contribution >= 0.6 is 0 Å². The van der Waals surface area contributed by atoms with Crippen molar-refractivity contribution in [2.24, 2.45) is 5.10 Å². The van der Waals surface area contributed by atoms with E-state index in [1.165, 1.54) is 18.3 Å². The molecule has 3 rings (SSSR count). The zero-order chi connectivity index (χ0) is 21.6. The van der Waals surface area contributed by atoms with Gasteiger partial charge < -0.3 is 0 Å². The number of benzene rings is 2. The quantitative estimate of drug-likeness (QED) is 0.468. The number of carbonyl (C=O) groups is 1. The van der Waals surface area contributed by atoms with E-state index in [-0.39, 0.29) is 4.90 Å². The van der Waals surface area contributed by atoms with Gasteiger partial charge in [-0.2, -0.15) is 5.10 Å². The number of carbonyl (C=O) groups excluding carboxylic acids is 1. The summed E-state index contributed by atoms with van der Waals surface area (Å²) >= 11 is 0. The molecule has 30 heavy (non-hydrogen) atoms. The molecule has 0 aliphatic heterocycles. The fourth-order valence-electron chi connectivity index (χ4n) is 2.93. The summed E-state index contributed by atoms with van der Waals surface area (Å²) < 4.78 is 27.7. The molecular weight excluding hydrogens is 400 g/mol. The van der Waals surface area contributed by atoms with E-state index < -0.39 is 22.5 Å². The van der Waals surface area contributed by atoms with Gasteiger partial charge in [-0.05, 0) is 55.3 Å². The Kier molecular flexibility index (Phi) is 6.58. The number of rotatable bonds is 7. The minimum absolute atomic E-state index is 0.107. The van der Waals surface area contributed by atoms with Crippen molar-refractivity contribution in [3.8, 4) is 0 Å². The number of nitrogens with one attached hydrogen (secondary N) is 1. The molecule has 1 N–H and O–H groups in total. The summed E-state index contributed by atoms with van der Waals surface area (Å²) in [5.41, 5.74) is 5.30. The molecule has 0 spiro atoms. The molecule has 2 aromatic carbocycles. The Bertz CT molecular complexity index is 1130. The van der Waals surface area contributed by atoms with Gasteiger partial charge >= 0.3 is 0 Å². The number of amides is 1. The topological polar surface area (TPSA) is 91.7 Å². The first-order valence-corrected chi connectivity index (χ1v) is 10.7. The molecule has 0 radical (unpaired) electrons. The van der Waals surface area contributed by atoms with Crippen molar-refractivity contribution in [2.45, 2.75) is 18.7 Å². The van der Waals surface area contributed by atoms with E-state index in [9.17, 15) is 13.2 Å². The molecule has 1 amide bonds. The van der Waals surface area contributed by atoms with Crippen molar-refractivity contribution < 1.29 is 13.2 Å². The number of hydrogen-bond donors (Lipinski definition) is 1. The molecule has 0 bridgehead atoms. The summed E-state index contributed by atoms with van der Waals surface area (Å²) in [6.07, 6.45) is 4.67. The number of aryl methyl sites for hydroxylation is 2. The SMILES string of the molecule is Cc1cc(C)cc(N(CC(=O)N/N=C\c2cccnc2)S(=O)(=O)c2ccccc2)c1. The molecule has 1 aromatic heterocycles. The van der Waals surface area contributed by atoms with Crippen LogP contribution in [0.1, 0.15) is 16.7 Å². The van der Waals surface area contributed by atoms with Gasteiger partial charge in [0, 0.05) is 18.0 Å². The van der Waals surface area contributed by atoms with Crippen LogP contribution in [0.3, 0.4) is 0 Å². The standard InChI is InChI=1S/C22H22N4O3S/c1-17-11-18(2)13-20(12-17)26(30(28,29)21-8-4-3-5-9-21)16-22(27)25-24-15-19-7-6-10-23-14-19/h3-15H,16H2,1-2H3,(H,25,27)/b24-15-. The summed E-state index contributed by atoms with van der Waals surface area (Å²) in [5.74, 6) is -0.561. The Morgan fingerprint density at radius 3 is 2.40 bits per heavy atom. The van der Waals surface area contributed by atoms with Crippen LogP contribution in [0.25, 0.3) is 0 Å². The number of nitrogens with zero attached hydrogens (tertiary/aromatic N) is 3. The molecule has 154 valence electrons. The number of anilines is 1. The molecule has 0 aliphatic rings. The van der Waals surface area contributed by atoms with Crippen LogP contribution in [-0.2, 0) is 14.8 Å². The lowest BCUT2D eigenvalue weighted by atomic mass is 10.1. The molecule has 0 saturated carbocycles. The maximum atomic E-state index is 13.3. The fourth-order valence-corrected chi connectivity index (χ4v) is 4.35. The highest BCUT2D eigenvalue weighted by Crippen LogP contribution is 2.25. The normalized spacial score (nSPS) is 11.4. The predicted octanol–water partition coefficient (Wildman–Crippen LogP) is 3.04. The van der Waals surface area contributed by atoms with Crippen molar-refractivity contribution in [3.63, 3.8) is 0 Å². The van der Waals surface area contributed by atoms with Gasteiger partial charge in [0.15, 0.2) is 0 Å². The van der Waals surface area contributed by atoms with Gasteiger partial charge in [0.05, 0.1) is 16.8 Å². The lowest BCUT2D eigenvalue weighted by Gasteiger charge is -2.24. The second-order valence-electron chi connectivity index (χ2n) is 6.75. The summed E-state index contributed by atoms with van der Waals surface area (Å²) in [4.78, 5) is 16.6. The number of hydrazone groups is 1. The van der Waals surface area contributed by atoms with Gasteiger partial charge in [-0.1, -0.05) is 30.3 Å². The van der Waals surface area contributed by atoms with Gasteiger partial charge in [0.2, 0.25) is 0 Å². The monoisotopic (exact) mass is 422 g/mol. The number of sulfonamides is 1. The number of hydrogen-bond acceptors (Lipinski definition) is 5. The minimum atomic E-state index is -3.95. The lowest BCUT2D eigenvalue weighted by molar-refractivity contribution is -0.119. The Balaban J connectivity index is 1.88. The zero-order valence-corrected chi connectivity index (χ0v) is 17.5. The van der Waals surface area contributed by atoms with Crippen molar-refractivity contribution in [1.82, 2.24) is 10.4 Å². The second kappa shape index (κ2) is 9.32. The highest BCUT2D eigenvalue weighted by Gasteiger charge is 2.27. The molecule has 1 heterocycles. The predicted molar refractivity (Wildman–Crippen MR) is 117 cm³/mol. The van der Waals surface area contributed by atoms with E-state index in [2.05, 4.69) is 15.5 Å². The fraction of sp³-hybridized carbons (Fsp3) is 0.136. The number of aromatic nitrogens is 1. The zero-order valence-electron chi connectivity index (χ0n) is 16.7. The van der Waals surface area contributed by atoms with Crippen LogP contribution < -0.4 is 9.73 Å². The van der Waals surface area contributed by atoms with E-state index in [0.29, 0.717) is 11.3 Å². The van der Waals surface area contributed by atoms with Crippen molar-refractivity contribution >= 4 is 27.8 Å². The Hall–Kier alpha value is -3.52. The summed E-state index contributed by atoms with van der Waals surface area (Å²) in [6, 6.07) is 17.0.